The van der Waals surface area contributed by atoms with Gasteiger partial charge in [-0.25, -0.2) is 4.79 Å². The van der Waals surface area contributed by atoms with Gasteiger partial charge in [0, 0.05) is 29.5 Å². The van der Waals surface area contributed by atoms with Gasteiger partial charge in [0.2, 0.25) is 0 Å². The Balaban J connectivity index is 0.00000324. The fourth-order valence-electron chi connectivity index (χ4n) is 3.97. The SMILES string of the molecule is CCOC(=O)c1c(NC(=O)c2cc(Cl)ccc2OC)sc2c1CCN(Cc1ccccc1)C2.Cl. The third-order valence-electron chi connectivity index (χ3n) is 5.50. The van der Waals surface area contributed by atoms with Crippen molar-refractivity contribution < 1.29 is 19.1 Å². The lowest BCUT2D eigenvalue weighted by molar-refractivity contribution is 0.0526. The normalized spacial score (nSPS) is 12.9. The van der Waals surface area contributed by atoms with Crippen molar-refractivity contribution in [2.45, 2.75) is 26.4 Å². The second-order valence-electron chi connectivity index (χ2n) is 7.67. The fraction of sp³-hybridized carbons (Fsp3) is 0.280. The van der Waals surface area contributed by atoms with Crippen molar-refractivity contribution in [3.63, 3.8) is 0 Å². The number of carbonyl (C=O) groups is 2. The molecule has 0 atom stereocenters. The van der Waals surface area contributed by atoms with Crippen LogP contribution in [0.4, 0.5) is 5.00 Å². The zero-order valence-electron chi connectivity index (χ0n) is 18.9. The number of methoxy groups -OCH3 is 1. The molecular weight excluding hydrogens is 495 g/mol. The average molecular weight is 521 g/mol. The minimum atomic E-state index is -0.417. The van der Waals surface area contributed by atoms with E-state index in [9.17, 15) is 9.59 Å². The summed E-state index contributed by atoms with van der Waals surface area (Å²) in [5, 5.41) is 3.83. The Bertz CT molecular complexity index is 1170. The Morgan fingerprint density at radius 2 is 1.94 bits per heavy atom. The molecule has 1 amide bonds. The molecule has 9 heteroatoms. The van der Waals surface area contributed by atoms with Gasteiger partial charge >= 0.3 is 5.97 Å². The number of nitrogens with one attached hydrogen (secondary N) is 1. The first-order chi connectivity index (χ1) is 16.0. The van der Waals surface area contributed by atoms with Gasteiger partial charge in [-0.3, -0.25) is 9.69 Å². The summed E-state index contributed by atoms with van der Waals surface area (Å²) in [6, 6.07) is 15.1. The molecule has 6 nitrogen and oxygen atoms in total. The molecule has 1 aromatic heterocycles. The monoisotopic (exact) mass is 520 g/mol. The van der Waals surface area contributed by atoms with Crippen molar-refractivity contribution in [3.8, 4) is 5.75 Å². The molecule has 0 radical (unpaired) electrons. The summed E-state index contributed by atoms with van der Waals surface area (Å²) in [4.78, 5) is 29.3. The molecule has 0 unspecified atom stereocenters. The van der Waals surface area contributed by atoms with Crippen molar-refractivity contribution in [2.75, 3.05) is 25.6 Å². The number of anilines is 1. The largest absolute Gasteiger partial charge is 0.496 e. The molecule has 1 N–H and O–H groups in total. The summed E-state index contributed by atoms with van der Waals surface area (Å²) in [5.74, 6) is -0.399. The van der Waals surface area contributed by atoms with E-state index in [1.165, 1.54) is 24.0 Å². The van der Waals surface area contributed by atoms with E-state index in [4.69, 9.17) is 21.1 Å². The molecule has 0 fully saturated rings. The third-order valence-corrected chi connectivity index (χ3v) is 6.87. The number of rotatable bonds is 7. The Labute approximate surface area is 214 Å². The molecule has 1 aliphatic heterocycles. The van der Waals surface area contributed by atoms with E-state index in [1.807, 2.05) is 18.2 Å². The number of carbonyl (C=O) groups excluding carboxylic acids is 2. The Morgan fingerprint density at radius 1 is 1.18 bits per heavy atom. The summed E-state index contributed by atoms with van der Waals surface area (Å²) < 4.78 is 10.6. The van der Waals surface area contributed by atoms with Crippen LogP contribution in [0.5, 0.6) is 5.75 Å². The van der Waals surface area contributed by atoms with E-state index < -0.39 is 5.97 Å². The molecule has 0 aliphatic carbocycles. The van der Waals surface area contributed by atoms with Crippen LogP contribution in [0.3, 0.4) is 0 Å². The summed E-state index contributed by atoms with van der Waals surface area (Å²) >= 11 is 7.52. The quantitative estimate of drug-likeness (QED) is 0.397. The highest BCUT2D eigenvalue weighted by molar-refractivity contribution is 7.17. The first-order valence-electron chi connectivity index (χ1n) is 10.7. The Hall–Kier alpha value is -2.58. The first kappa shape index (κ1) is 26.0. The minimum absolute atomic E-state index is 0. The van der Waals surface area contributed by atoms with Crippen molar-refractivity contribution in [1.82, 2.24) is 4.90 Å². The molecule has 2 aromatic carbocycles. The maximum atomic E-state index is 13.1. The molecule has 0 saturated carbocycles. The van der Waals surface area contributed by atoms with E-state index in [1.54, 1.807) is 25.1 Å². The summed E-state index contributed by atoms with van der Waals surface area (Å²) in [5.41, 5.74) is 2.95. The van der Waals surface area contributed by atoms with E-state index in [-0.39, 0.29) is 24.9 Å². The van der Waals surface area contributed by atoms with E-state index in [0.29, 0.717) is 39.9 Å². The molecule has 4 rings (SSSR count). The van der Waals surface area contributed by atoms with Crippen molar-refractivity contribution in [3.05, 3.63) is 80.7 Å². The van der Waals surface area contributed by atoms with Crippen LogP contribution in [-0.2, 0) is 24.2 Å². The number of ether oxygens (including phenoxy) is 2. The fourth-order valence-corrected chi connectivity index (χ4v) is 5.41. The number of hydrogen-bond donors (Lipinski definition) is 1. The van der Waals surface area contributed by atoms with Crippen LogP contribution < -0.4 is 10.1 Å². The number of halogens is 2. The molecule has 0 spiro atoms. The molecule has 2 heterocycles. The summed E-state index contributed by atoms with van der Waals surface area (Å²) in [7, 11) is 1.50. The number of esters is 1. The Kier molecular flexibility index (Phi) is 8.97. The van der Waals surface area contributed by atoms with E-state index >= 15 is 0 Å². The smallest absolute Gasteiger partial charge is 0.341 e. The number of amides is 1. The van der Waals surface area contributed by atoms with Crippen LogP contribution in [0, 0.1) is 0 Å². The number of hydrogen-bond acceptors (Lipinski definition) is 6. The highest BCUT2D eigenvalue weighted by Gasteiger charge is 2.30. The van der Waals surface area contributed by atoms with Gasteiger partial charge in [-0.15, -0.1) is 23.7 Å². The average Bonchev–Trinajstić information content (AvgIpc) is 3.16. The maximum Gasteiger partial charge on any atom is 0.341 e. The second kappa shape index (κ2) is 11.7. The van der Waals surface area contributed by atoms with Gasteiger partial charge in [0.15, 0.2) is 0 Å². The lowest BCUT2D eigenvalue weighted by Gasteiger charge is -2.27. The van der Waals surface area contributed by atoms with Crippen LogP contribution >= 0.6 is 35.3 Å². The zero-order chi connectivity index (χ0) is 23.4. The predicted octanol–water partition coefficient (Wildman–Crippen LogP) is 5.82. The molecule has 180 valence electrons. The van der Waals surface area contributed by atoms with Gasteiger partial charge in [0.05, 0.1) is 24.8 Å². The lowest BCUT2D eigenvalue weighted by Crippen LogP contribution is -2.29. The summed E-state index contributed by atoms with van der Waals surface area (Å²) in [6.45, 7) is 4.39. The number of benzene rings is 2. The van der Waals surface area contributed by atoms with Gasteiger partial charge in [0.1, 0.15) is 10.8 Å². The molecule has 34 heavy (non-hydrogen) atoms. The lowest BCUT2D eigenvalue weighted by atomic mass is 10.0. The van der Waals surface area contributed by atoms with Crippen LogP contribution in [-0.4, -0.2) is 37.0 Å². The standard InChI is InChI=1S/C25H25ClN2O4S.ClH/c1-3-32-25(30)22-18-11-12-28(14-16-7-5-4-6-8-16)15-21(18)33-24(22)27-23(29)19-13-17(26)9-10-20(19)31-2;/h4-10,13H,3,11-12,14-15H2,1-2H3,(H,27,29);1H. The van der Waals surface area contributed by atoms with Gasteiger partial charge in [0.25, 0.3) is 5.91 Å². The molecule has 3 aromatic rings. The van der Waals surface area contributed by atoms with Crippen molar-refractivity contribution in [2.24, 2.45) is 0 Å². The van der Waals surface area contributed by atoms with E-state index in [0.717, 1.165) is 23.5 Å². The first-order valence-corrected chi connectivity index (χ1v) is 11.9. The van der Waals surface area contributed by atoms with Gasteiger partial charge in [-0.2, -0.15) is 0 Å². The molecular formula is C25H26Cl2N2O4S. The molecule has 0 saturated heterocycles. The van der Waals surface area contributed by atoms with Crippen LogP contribution in [0.2, 0.25) is 5.02 Å². The zero-order valence-corrected chi connectivity index (χ0v) is 21.3. The number of fused-ring (bicyclic) bond motifs is 1. The topological polar surface area (TPSA) is 67.9 Å². The van der Waals surface area contributed by atoms with Crippen LogP contribution in [0.15, 0.2) is 48.5 Å². The minimum Gasteiger partial charge on any atom is -0.496 e. The van der Waals surface area contributed by atoms with Crippen LogP contribution in [0.1, 0.15) is 43.6 Å². The predicted molar refractivity (Wildman–Crippen MR) is 138 cm³/mol. The molecule has 1 aliphatic rings. The summed E-state index contributed by atoms with van der Waals surface area (Å²) in [6.07, 6.45) is 0.711. The van der Waals surface area contributed by atoms with Crippen molar-refractivity contribution >= 4 is 52.2 Å². The van der Waals surface area contributed by atoms with Gasteiger partial charge in [-0.1, -0.05) is 41.9 Å². The van der Waals surface area contributed by atoms with Crippen LogP contribution in [0.25, 0.3) is 0 Å². The maximum absolute atomic E-state index is 13.1. The van der Waals surface area contributed by atoms with Crippen molar-refractivity contribution in [1.29, 1.82) is 0 Å². The number of thiophene rings is 1. The number of nitrogens with zero attached hydrogens (tertiary/aromatic N) is 1. The molecule has 0 bridgehead atoms. The third kappa shape index (κ3) is 5.73. The highest BCUT2D eigenvalue weighted by Crippen LogP contribution is 2.38. The highest BCUT2D eigenvalue weighted by atomic mass is 35.5. The van der Waals surface area contributed by atoms with Gasteiger partial charge in [-0.05, 0) is 42.7 Å². The Morgan fingerprint density at radius 3 is 2.65 bits per heavy atom. The van der Waals surface area contributed by atoms with Gasteiger partial charge < -0.3 is 14.8 Å². The van der Waals surface area contributed by atoms with E-state index in [2.05, 4.69) is 22.3 Å². The second-order valence-corrected chi connectivity index (χ2v) is 9.21.